The zero-order chi connectivity index (χ0) is 9.54. The average molecular weight is 194 g/mol. The zero-order valence-corrected chi connectivity index (χ0v) is 8.99. The lowest BCUT2D eigenvalue weighted by atomic mass is 10.1. The van der Waals surface area contributed by atoms with Crippen LogP contribution < -0.4 is 5.73 Å². The second-order valence-corrected chi connectivity index (χ2v) is 5.55. The molecule has 3 rings (SSSR count). The van der Waals surface area contributed by atoms with E-state index in [-0.39, 0.29) is 0 Å². The molecule has 1 unspecified atom stereocenters. The van der Waals surface area contributed by atoms with Crippen LogP contribution in [0.15, 0.2) is 0 Å². The molecule has 1 saturated heterocycles. The molecule has 0 aromatic carbocycles. The first-order chi connectivity index (χ1) is 6.88. The van der Waals surface area contributed by atoms with E-state index in [0.29, 0.717) is 0 Å². The summed E-state index contributed by atoms with van der Waals surface area (Å²) in [4.78, 5) is 2.77. The summed E-state index contributed by atoms with van der Waals surface area (Å²) in [6, 6.07) is 0.964. The fraction of sp³-hybridized carbons (Fsp3) is 1.00. The summed E-state index contributed by atoms with van der Waals surface area (Å²) in [7, 11) is 0. The van der Waals surface area contributed by atoms with E-state index in [9.17, 15) is 0 Å². The first-order valence-corrected chi connectivity index (χ1v) is 6.32. The molecule has 3 aliphatic rings. The first kappa shape index (κ1) is 9.17. The Hall–Kier alpha value is -0.0800. The molecule has 3 fully saturated rings. The van der Waals surface area contributed by atoms with Crippen molar-refractivity contribution < 1.29 is 0 Å². The van der Waals surface area contributed by atoms with Gasteiger partial charge >= 0.3 is 0 Å². The summed E-state index contributed by atoms with van der Waals surface area (Å²) in [5.41, 5.74) is 5.75. The van der Waals surface area contributed by atoms with E-state index in [2.05, 4.69) is 4.90 Å². The third kappa shape index (κ3) is 1.70. The maximum Gasteiger partial charge on any atom is 0.0152 e. The Balaban J connectivity index is 1.62. The summed E-state index contributed by atoms with van der Waals surface area (Å²) in [5, 5.41) is 0. The van der Waals surface area contributed by atoms with Crippen molar-refractivity contribution in [3.63, 3.8) is 0 Å². The minimum atomic E-state index is 0.801. The standard InChI is InChI=1S/C12H22N2/c13-7-9-5-6-14(8-9)12(10-1-2-10)11-3-4-11/h9-12H,1-8,13H2. The first-order valence-electron chi connectivity index (χ1n) is 6.32. The number of rotatable bonds is 4. The van der Waals surface area contributed by atoms with E-state index < -0.39 is 0 Å². The quantitative estimate of drug-likeness (QED) is 0.734. The smallest absolute Gasteiger partial charge is 0.0152 e. The van der Waals surface area contributed by atoms with E-state index in [1.807, 2.05) is 0 Å². The Morgan fingerprint density at radius 1 is 1.07 bits per heavy atom. The van der Waals surface area contributed by atoms with Gasteiger partial charge < -0.3 is 5.73 Å². The Kier molecular flexibility index (Phi) is 2.29. The molecule has 0 amide bonds. The predicted molar refractivity (Wildman–Crippen MR) is 58.0 cm³/mol. The second-order valence-electron chi connectivity index (χ2n) is 5.55. The summed E-state index contributed by atoms with van der Waals surface area (Å²) in [5.74, 6) is 2.94. The van der Waals surface area contributed by atoms with Crippen molar-refractivity contribution in [2.45, 2.75) is 38.1 Å². The van der Waals surface area contributed by atoms with Crippen molar-refractivity contribution >= 4 is 0 Å². The minimum Gasteiger partial charge on any atom is -0.330 e. The number of nitrogens with two attached hydrogens (primary N) is 1. The van der Waals surface area contributed by atoms with Crippen LogP contribution in [0.2, 0.25) is 0 Å². The molecule has 0 aromatic heterocycles. The largest absolute Gasteiger partial charge is 0.330 e. The molecular formula is C12H22N2. The van der Waals surface area contributed by atoms with Gasteiger partial charge in [-0.2, -0.15) is 0 Å². The topological polar surface area (TPSA) is 29.3 Å². The van der Waals surface area contributed by atoms with Crippen LogP contribution >= 0.6 is 0 Å². The molecule has 2 N–H and O–H groups in total. The SMILES string of the molecule is NCC1CCN(C(C2CC2)C2CC2)C1. The van der Waals surface area contributed by atoms with Crippen LogP contribution in [0, 0.1) is 17.8 Å². The monoisotopic (exact) mass is 194 g/mol. The van der Waals surface area contributed by atoms with Crippen molar-refractivity contribution in [2.75, 3.05) is 19.6 Å². The lowest BCUT2D eigenvalue weighted by Crippen LogP contribution is -2.37. The predicted octanol–water partition coefficient (Wildman–Crippen LogP) is 1.46. The van der Waals surface area contributed by atoms with Crippen LogP contribution in [0.1, 0.15) is 32.1 Å². The number of likely N-dealkylation sites (tertiary alicyclic amines) is 1. The van der Waals surface area contributed by atoms with Gasteiger partial charge in [0.25, 0.3) is 0 Å². The highest BCUT2D eigenvalue weighted by atomic mass is 15.2. The lowest BCUT2D eigenvalue weighted by molar-refractivity contribution is 0.188. The molecule has 2 nitrogen and oxygen atoms in total. The van der Waals surface area contributed by atoms with Crippen molar-refractivity contribution in [1.29, 1.82) is 0 Å². The van der Waals surface area contributed by atoms with Crippen molar-refractivity contribution in [3.8, 4) is 0 Å². The van der Waals surface area contributed by atoms with Crippen LogP contribution in [0.3, 0.4) is 0 Å². The van der Waals surface area contributed by atoms with Gasteiger partial charge in [-0.05, 0) is 62.9 Å². The van der Waals surface area contributed by atoms with Gasteiger partial charge in [-0.3, -0.25) is 4.90 Å². The normalized spacial score (nSPS) is 34.3. The Bertz CT molecular complexity index is 196. The van der Waals surface area contributed by atoms with Crippen molar-refractivity contribution in [1.82, 2.24) is 4.90 Å². The van der Waals surface area contributed by atoms with Gasteiger partial charge in [-0.25, -0.2) is 0 Å². The van der Waals surface area contributed by atoms with Crippen LogP contribution in [-0.2, 0) is 0 Å². The molecule has 2 aliphatic carbocycles. The molecule has 0 spiro atoms. The van der Waals surface area contributed by atoms with Crippen LogP contribution in [0.4, 0.5) is 0 Å². The summed E-state index contributed by atoms with van der Waals surface area (Å²) in [6.45, 7) is 3.53. The van der Waals surface area contributed by atoms with Gasteiger partial charge in [-0.1, -0.05) is 0 Å². The van der Waals surface area contributed by atoms with Crippen LogP contribution in [0.5, 0.6) is 0 Å². The third-order valence-corrected chi connectivity index (χ3v) is 4.28. The van der Waals surface area contributed by atoms with Gasteiger partial charge in [0.1, 0.15) is 0 Å². The molecule has 0 bridgehead atoms. The molecule has 14 heavy (non-hydrogen) atoms. The summed E-state index contributed by atoms with van der Waals surface area (Å²) >= 11 is 0. The van der Waals surface area contributed by atoms with Gasteiger partial charge in [0.15, 0.2) is 0 Å². The molecule has 2 saturated carbocycles. The number of hydrogen-bond donors (Lipinski definition) is 1. The third-order valence-electron chi connectivity index (χ3n) is 4.28. The Morgan fingerprint density at radius 3 is 2.14 bits per heavy atom. The van der Waals surface area contributed by atoms with Gasteiger partial charge in [0.2, 0.25) is 0 Å². The molecule has 1 aliphatic heterocycles. The van der Waals surface area contributed by atoms with E-state index in [4.69, 9.17) is 5.73 Å². The lowest BCUT2D eigenvalue weighted by Gasteiger charge is -2.28. The highest BCUT2D eigenvalue weighted by Gasteiger charge is 2.45. The Labute approximate surface area is 86.8 Å². The highest BCUT2D eigenvalue weighted by Crippen LogP contribution is 2.48. The van der Waals surface area contributed by atoms with Crippen LogP contribution in [-0.4, -0.2) is 30.6 Å². The molecule has 1 atom stereocenters. The molecule has 80 valence electrons. The second kappa shape index (κ2) is 3.49. The van der Waals surface area contributed by atoms with Crippen molar-refractivity contribution in [2.24, 2.45) is 23.5 Å². The minimum absolute atomic E-state index is 0.801. The van der Waals surface area contributed by atoms with E-state index in [1.165, 1.54) is 45.2 Å². The van der Waals surface area contributed by atoms with E-state index >= 15 is 0 Å². The fourth-order valence-electron chi connectivity index (χ4n) is 3.18. The number of nitrogens with zero attached hydrogens (tertiary/aromatic N) is 1. The fourth-order valence-corrected chi connectivity index (χ4v) is 3.18. The maximum atomic E-state index is 5.75. The zero-order valence-electron chi connectivity index (χ0n) is 8.99. The number of hydrogen-bond acceptors (Lipinski definition) is 2. The summed E-state index contributed by atoms with van der Waals surface area (Å²) in [6.07, 6.45) is 7.37. The molecular weight excluding hydrogens is 172 g/mol. The average Bonchev–Trinajstić information content (AvgIpc) is 3.08. The molecule has 0 radical (unpaired) electrons. The summed E-state index contributed by atoms with van der Waals surface area (Å²) < 4.78 is 0. The highest BCUT2D eigenvalue weighted by molar-refractivity contribution is 4.99. The van der Waals surface area contributed by atoms with E-state index in [0.717, 1.165) is 30.3 Å². The Morgan fingerprint density at radius 2 is 1.71 bits per heavy atom. The molecule has 0 aromatic rings. The molecule has 2 heteroatoms. The maximum absolute atomic E-state index is 5.75. The van der Waals surface area contributed by atoms with Crippen molar-refractivity contribution in [3.05, 3.63) is 0 Å². The van der Waals surface area contributed by atoms with Crippen LogP contribution in [0.25, 0.3) is 0 Å². The van der Waals surface area contributed by atoms with Gasteiger partial charge in [-0.15, -0.1) is 0 Å². The van der Waals surface area contributed by atoms with Gasteiger partial charge in [0.05, 0.1) is 0 Å². The van der Waals surface area contributed by atoms with E-state index in [1.54, 1.807) is 0 Å². The molecule has 1 heterocycles. The van der Waals surface area contributed by atoms with Gasteiger partial charge in [0, 0.05) is 12.6 Å².